The SMILES string of the molecule is CCNCc1cc(=O)[nH]c(CSc2ccccc2)n1. The Bertz CT molecular complexity index is 568. The Morgan fingerprint density at radius 3 is 2.84 bits per heavy atom. The second-order valence-electron chi connectivity index (χ2n) is 4.07. The van der Waals surface area contributed by atoms with E-state index in [4.69, 9.17) is 0 Å². The molecule has 19 heavy (non-hydrogen) atoms. The molecular weight excluding hydrogens is 258 g/mol. The van der Waals surface area contributed by atoms with E-state index in [1.165, 1.54) is 4.90 Å². The molecule has 0 atom stereocenters. The second kappa shape index (κ2) is 7.11. The zero-order valence-electron chi connectivity index (χ0n) is 10.8. The van der Waals surface area contributed by atoms with Gasteiger partial charge in [0, 0.05) is 17.5 Å². The molecule has 100 valence electrons. The van der Waals surface area contributed by atoms with Crippen LogP contribution in [0.3, 0.4) is 0 Å². The molecule has 0 unspecified atom stereocenters. The highest BCUT2D eigenvalue weighted by Gasteiger charge is 2.02. The second-order valence-corrected chi connectivity index (χ2v) is 5.11. The van der Waals surface area contributed by atoms with Crippen LogP contribution in [0.25, 0.3) is 0 Å². The van der Waals surface area contributed by atoms with Crippen molar-refractivity contribution in [3.63, 3.8) is 0 Å². The normalized spacial score (nSPS) is 10.6. The molecule has 0 saturated carbocycles. The molecule has 0 aliphatic heterocycles. The van der Waals surface area contributed by atoms with Gasteiger partial charge in [0.15, 0.2) is 0 Å². The summed E-state index contributed by atoms with van der Waals surface area (Å²) >= 11 is 1.66. The smallest absolute Gasteiger partial charge is 0.251 e. The molecule has 2 aromatic rings. The summed E-state index contributed by atoms with van der Waals surface area (Å²) in [5.41, 5.74) is 0.695. The predicted molar refractivity (Wildman–Crippen MR) is 78.2 cm³/mol. The summed E-state index contributed by atoms with van der Waals surface area (Å²) in [4.78, 5) is 19.9. The van der Waals surface area contributed by atoms with Crippen LogP contribution >= 0.6 is 11.8 Å². The number of aromatic amines is 1. The third kappa shape index (κ3) is 4.54. The number of H-pyrrole nitrogens is 1. The maximum atomic E-state index is 11.6. The lowest BCUT2D eigenvalue weighted by Gasteiger charge is -2.05. The van der Waals surface area contributed by atoms with Crippen molar-refractivity contribution in [2.45, 2.75) is 24.1 Å². The molecule has 0 aliphatic carbocycles. The largest absolute Gasteiger partial charge is 0.311 e. The standard InChI is InChI=1S/C14H17N3OS/c1-2-15-9-11-8-14(18)17-13(16-11)10-19-12-6-4-3-5-7-12/h3-8,15H,2,9-10H2,1H3,(H,16,17,18). The molecule has 0 aliphatic rings. The summed E-state index contributed by atoms with van der Waals surface area (Å²) in [6.45, 7) is 3.52. The number of nitrogens with one attached hydrogen (secondary N) is 2. The van der Waals surface area contributed by atoms with Crippen molar-refractivity contribution in [1.29, 1.82) is 0 Å². The molecule has 5 heteroatoms. The fourth-order valence-corrected chi connectivity index (χ4v) is 2.43. The Balaban J connectivity index is 2.03. The maximum Gasteiger partial charge on any atom is 0.251 e. The lowest BCUT2D eigenvalue weighted by Crippen LogP contribution is -2.18. The molecule has 0 spiro atoms. The van der Waals surface area contributed by atoms with Gasteiger partial charge in [0.1, 0.15) is 5.82 Å². The minimum Gasteiger partial charge on any atom is -0.311 e. The summed E-state index contributed by atoms with van der Waals surface area (Å²) in [6.07, 6.45) is 0. The highest BCUT2D eigenvalue weighted by atomic mass is 32.2. The number of hydrogen-bond acceptors (Lipinski definition) is 4. The van der Waals surface area contributed by atoms with Crippen molar-refractivity contribution in [2.24, 2.45) is 0 Å². The van der Waals surface area contributed by atoms with Gasteiger partial charge in [0.05, 0.1) is 11.4 Å². The van der Waals surface area contributed by atoms with E-state index in [0.717, 1.165) is 12.2 Å². The van der Waals surface area contributed by atoms with Crippen molar-refractivity contribution in [3.05, 3.63) is 58.3 Å². The lowest BCUT2D eigenvalue weighted by molar-refractivity contribution is 0.702. The monoisotopic (exact) mass is 275 g/mol. The van der Waals surface area contributed by atoms with E-state index in [-0.39, 0.29) is 5.56 Å². The topological polar surface area (TPSA) is 57.8 Å². The minimum atomic E-state index is -0.0911. The molecule has 2 N–H and O–H groups in total. The zero-order chi connectivity index (χ0) is 13.5. The van der Waals surface area contributed by atoms with Gasteiger partial charge in [-0.2, -0.15) is 0 Å². The fraction of sp³-hybridized carbons (Fsp3) is 0.286. The van der Waals surface area contributed by atoms with Crippen molar-refractivity contribution in [2.75, 3.05) is 6.54 Å². The average molecular weight is 275 g/mol. The summed E-state index contributed by atoms with van der Waals surface area (Å²) in [6, 6.07) is 11.6. The quantitative estimate of drug-likeness (QED) is 0.793. The highest BCUT2D eigenvalue weighted by molar-refractivity contribution is 7.98. The zero-order valence-corrected chi connectivity index (χ0v) is 11.7. The van der Waals surface area contributed by atoms with E-state index >= 15 is 0 Å². The van der Waals surface area contributed by atoms with Gasteiger partial charge in [-0.05, 0) is 18.7 Å². The highest BCUT2D eigenvalue weighted by Crippen LogP contribution is 2.20. The molecule has 0 radical (unpaired) electrons. The number of benzene rings is 1. The Morgan fingerprint density at radius 1 is 1.32 bits per heavy atom. The van der Waals surface area contributed by atoms with Crippen LogP contribution in [0.5, 0.6) is 0 Å². The lowest BCUT2D eigenvalue weighted by atomic mass is 10.4. The van der Waals surface area contributed by atoms with Crippen molar-refractivity contribution >= 4 is 11.8 Å². The van der Waals surface area contributed by atoms with Gasteiger partial charge < -0.3 is 10.3 Å². The van der Waals surface area contributed by atoms with Gasteiger partial charge in [-0.25, -0.2) is 4.98 Å². The average Bonchev–Trinajstić information content (AvgIpc) is 2.43. The van der Waals surface area contributed by atoms with Gasteiger partial charge >= 0.3 is 0 Å². The summed E-state index contributed by atoms with van der Waals surface area (Å²) < 4.78 is 0. The third-order valence-corrected chi connectivity index (χ3v) is 3.54. The Labute approximate surface area is 116 Å². The molecule has 1 aromatic carbocycles. The summed E-state index contributed by atoms with van der Waals surface area (Å²) in [5.74, 6) is 1.38. The first kappa shape index (κ1) is 13.8. The van der Waals surface area contributed by atoms with Gasteiger partial charge in [0.2, 0.25) is 0 Å². The first-order valence-electron chi connectivity index (χ1n) is 6.25. The van der Waals surface area contributed by atoms with Gasteiger partial charge in [0.25, 0.3) is 5.56 Å². The minimum absolute atomic E-state index is 0.0911. The molecule has 4 nitrogen and oxygen atoms in total. The maximum absolute atomic E-state index is 11.6. The number of nitrogens with zero attached hydrogens (tertiary/aromatic N) is 1. The Morgan fingerprint density at radius 2 is 2.11 bits per heavy atom. The van der Waals surface area contributed by atoms with E-state index in [0.29, 0.717) is 18.1 Å². The van der Waals surface area contributed by atoms with E-state index in [2.05, 4.69) is 15.3 Å². The van der Waals surface area contributed by atoms with Crippen LogP contribution in [0.15, 0.2) is 46.1 Å². The van der Waals surface area contributed by atoms with Crippen molar-refractivity contribution < 1.29 is 0 Å². The van der Waals surface area contributed by atoms with Gasteiger partial charge in [-0.1, -0.05) is 25.1 Å². The first-order chi connectivity index (χ1) is 9.28. The third-order valence-electron chi connectivity index (χ3n) is 2.52. The van der Waals surface area contributed by atoms with Crippen LogP contribution < -0.4 is 10.9 Å². The number of hydrogen-bond donors (Lipinski definition) is 2. The van der Waals surface area contributed by atoms with Crippen LogP contribution in [0.4, 0.5) is 0 Å². The molecule has 2 rings (SSSR count). The molecule has 0 fully saturated rings. The summed E-state index contributed by atoms with van der Waals surface area (Å²) in [5, 5.41) is 3.17. The predicted octanol–water partition coefficient (Wildman–Crippen LogP) is 2.17. The van der Waals surface area contributed by atoms with Gasteiger partial charge in [-0.3, -0.25) is 4.79 Å². The van der Waals surface area contributed by atoms with Crippen molar-refractivity contribution in [1.82, 2.24) is 15.3 Å². The Hall–Kier alpha value is -1.59. The van der Waals surface area contributed by atoms with Gasteiger partial charge in [-0.15, -0.1) is 11.8 Å². The molecule has 1 aromatic heterocycles. The van der Waals surface area contributed by atoms with Crippen LogP contribution in [-0.2, 0) is 12.3 Å². The van der Waals surface area contributed by atoms with E-state index in [9.17, 15) is 4.79 Å². The molecule has 0 saturated heterocycles. The molecular formula is C14H17N3OS. The van der Waals surface area contributed by atoms with E-state index in [1.54, 1.807) is 17.8 Å². The van der Waals surface area contributed by atoms with Crippen LogP contribution in [0.2, 0.25) is 0 Å². The van der Waals surface area contributed by atoms with Crippen LogP contribution in [-0.4, -0.2) is 16.5 Å². The molecule has 1 heterocycles. The number of aromatic nitrogens is 2. The number of rotatable bonds is 6. The number of thioether (sulfide) groups is 1. The fourth-order valence-electron chi connectivity index (χ4n) is 1.64. The molecule has 0 bridgehead atoms. The van der Waals surface area contributed by atoms with E-state index in [1.807, 2.05) is 37.3 Å². The van der Waals surface area contributed by atoms with Crippen LogP contribution in [0.1, 0.15) is 18.4 Å². The first-order valence-corrected chi connectivity index (χ1v) is 7.24. The summed E-state index contributed by atoms with van der Waals surface area (Å²) in [7, 11) is 0. The van der Waals surface area contributed by atoms with E-state index < -0.39 is 0 Å². The Kier molecular flexibility index (Phi) is 5.18. The van der Waals surface area contributed by atoms with Crippen LogP contribution in [0, 0.1) is 0 Å². The van der Waals surface area contributed by atoms with Crippen molar-refractivity contribution in [3.8, 4) is 0 Å². The molecule has 0 amide bonds.